The summed E-state index contributed by atoms with van der Waals surface area (Å²) >= 11 is 0. The van der Waals surface area contributed by atoms with Gasteiger partial charge in [0.25, 0.3) is 0 Å². The largest absolute Gasteiger partial charge is 0.507 e. The van der Waals surface area contributed by atoms with Gasteiger partial charge in [-0.25, -0.2) is 0 Å². The summed E-state index contributed by atoms with van der Waals surface area (Å²) in [7, 11) is 1.32. The minimum Gasteiger partial charge on any atom is -0.507 e. The first-order valence-electron chi connectivity index (χ1n) is 18.5. The number of carboxylic acid groups (broad SMARTS) is 1. The highest BCUT2D eigenvalue weighted by Gasteiger charge is 2.51. The number of hydrogen-bond acceptors (Lipinski definition) is 14. The van der Waals surface area contributed by atoms with Gasteiger partial charge in [0.05, 0.1) is 54.9 Å². The van der Waals surface area contributed by atoms with Gasteiger partial charge >= 0.3 is 11.9 Å². The van der Waals surface area contributed by atoms with Crippen LogP contribution in [0.1, 0.15) is 107 Å². The first kappa shape index (κ1) is 39.1. The average molecular weight is 778 g/mol. The van der Waals surface area contributed by atoms with Crippen LogP contribution in [0, 0.1) is 0 Å². The third kappa shape index (κ3) is 7.30. The normalized spacial score (nSPS) is 27.1. The standard InChI is InChI=1S/C40H43NO15/c1-20-39(56-29-10-3-6-15-52-29)23(41-13-4-5-14-41)16-30(54-20)55-25-18-40(50,26(42)19-53-28(45)12-11-27(43)44)17-22-32(25)38(49)34-33(36(22)47)35(46)21-8-7-9-24(51-2)31(21)37(34)48/h4-5,7-9,13-14,20,23,25,29-30,39,47,49-50H,3,6,10-12,15-19H2,1-2H3,(H,43,44)/t20?,23?,25-,29?,30?,39?,40-/m0/s1. The lowest BCUT2D eigenvalue weighted by atomic mass is 9.72. The number of phenolic OH excluding ortho intramolecular Hbond substituents is 2. The number of carbonyl (C=O) groups is 5. The number of fused-ring (bicyclic) bond motifs is 3. The maximum Gasteiger partial charge on any atom is 0.306 e. The number of methoxy groups -OCH3 is 1. The molecule has 56 heavy (non-hydrogen) atoms. The van der Waals surface area contributed by atoms with Crippen molar-refractivity contribution < 1.29 is 72.8 Å². The molecule has 0 radical (unpaired) electrons. The van der Waals surface area contributed by atoms with Crippen molar-refractivity contribution in [3.63, 3.8) is 0 Å². The Morgan fingerprint density at radius 1 is 0.946 bits per heavy atom. The van der Waals surface area contributed by atoms with Crippen LogP contribution in [0.15, 0.2) is 42.7 Å². The van der Waals surface area contributed by atoms with E-state index in [9.17, 15) is 39.3 Å². The zero-order valence-electron chi connectivity index (χ0n) is 30.8. The van der Waals surface area contributed by atoms with Crippen molar-refractivity contribution in [3.8, 4) is 17.2 Å². The average Bonchev–Trinajstić information content (AvgIpc) is 3.72. The van der Waals surface area contributed by atoms with Crippen molar-refractivity contribution >= 4 is 29.3 Å². The molecule has 4 aliphatic rings. The van der Waals surface area contributed by atoms with Crippen molar-refractivity contribution in [1.82, 2.24) is 4.57 Å². The Kier molecular flexibility index (Phi) is 11.0. The van der Waals surface area contributed by atoms with Crippen LogP contribution in [-0.2, 0) is 44.5 Å². The third-order valence-electron chi connectivity index (χ3n) is 10.9. The van der Waals surface area contributed by atoms with Gasteiger partial charge in [-0.05, 0) is 44.4 Å². The number of esters is 1. The van der Waals surface area contributed by atoms with Gasteiger partial charge in [0.1, 0.15) is 29.0 Å². The van der Waals surface area contributed by atoms with Crippen LogP contribution < -0.4 is 4.74 Å². The van der Waals surface area contributed by atoms with E-state index in [2.05, 4.69) is 0 Å². The summed E-state index contributed by atoms with van der Waals surface area (Å²) in [5, 5.41) is 44.7. The molecule has 2 saturated heterocycles. The molecule has 0 saturated carbocycles. The van der Waals surface area contributed by atoms with Crippen LogP contribution in [0.4, 0.5) is 0 Å². The lowest BCUT2D eigenvalue weighted by Gasteiger charge is -2.45. The number of aromatic nitrogens is 1. The summed E-state index contributed by atoms with van der Waals surface area (Å²) in [6.45, 7) is 1.43. The van der Waals surface area contributed by atoms with Crippen LogP contribution in [0.5, 0.6) is 17.2 Å². The van der Waals surface area contributed by atoms with E-state index >= 15 is 0 Å². The van der Waals surface area contributed by atoms with Crippen LogP contribution in [0.2, 0.25) is 0 Å². The second-order valence-corrected chi connectivity index (χ2v) is 14.5. The van der Waals surface area contributed by atoms with Crippen molar-refractivity contribution in [2.75, 3.05) is 20.3 Å². The maximum absolute atomic E-state index is 14.1. The number of carboxylic acids is 1. The van der Waals surface area contributed by atoms with E-state index in [4.69, 9.17) is 33.5 Å². The number of aliphatic carboxylic acids is 1. The molecule has 0 bridgehead atoms. The van der Waals surface area contributed by atoms with E-state index in [1.54, 1.807) is 0 Å². The number of ether oxygens (including phenoxy) is 6. The van der Waals surface area contributed by atoms with Gasteiger partial charge < -0.3 is 53.4 Å². The molecule has 2 aliphatic heterocycles. The van der Waals surface area contributed by atoms with E-state index < -0.39 is 121 Å². The zero-order chi connectivity index (χ0) is 39.9. The Morgan fingerprint density at radius 3 is 2.39 bits per heavy atom. The topological polar surface area (TPSA) is 227 Å². The number of ketones is 3. The fourth-order valence-corrected chi connectivity index (χ4v) is 8.15. The van der Waals surface area contributed by atoms with Gasteiger partial charge in [0.15, 0.2) is 25.0 Å². The van der Waals surface area contributed by atoms with Crippen molar-refractivity contribution in [2.45, 2.75) is 101 Å². The second kappa shape index (κ2) is 15.8. The molecule has 2 fully saturated rings. The highest BCUT2D eigenvalue weighted by atomic mass is 16.7. The predicted molar refractivity (Wildman–Crippen MR) is 190 cm³/mol. The Hall–Kier alpha value is -5.13. The monoisotopic (exact) mass is 777 g/mol. The number of hydrogen-bond donors (Lipinski definition) is 4. The number of carbonyl (C=O) groups excluding carboxylic acids is 4. The molecule has 7 atom stereocenters. The molecule has 0 spiro atoms. The molecule has 7 rings (SSSR count). The number of aromatic hydroxyl groups is 2. The molecule has 2 aromatic carbocycles. The summed E-state index contributed by atoms with van der Waals surface area (Å²) in [4.78, 5) is 64.9. The van der Waals surface area contributed by atoms with Crippen LogP contribution in [-0.4, -0.2) is 105 Å². The lowest BCUT2D eigenvalue weighted by Crippen LogP contribution is -2.51. The molecular formula is C40H43NO15. The van der Waals surface area contributed by atoms with Crippen LogP contribution in [0.25, 0.3) is 0 Å². The van der Waals surface area contributed by atoms with Gasteiger partial charge in [-0.2, -0.15) is 0 Å². The number of aliphatic hydroxyl groups is 1. The van der Waals surface area contributed by atoms with Gasteiger partial charge in [-0.1, -0.05) is 12.1 Å². The molecule has 1 aromatic heterocycles. The molecule has 5 unspecified atom stereocenters. The number of phenols is 2. The molecule has 16 nitrogen and oxygen atoms in total. The Bertz CT molecular complexity index is 2040. The van der Waals surface area contributed by atoms with Crippen molar-refractivity contribution in [1.29, 1.82) is 0 Å². The van der Waals surface area contributed by atoms with E-state index in [0.717, 1.165) is 12.8 Å². The highest BCUT2D eigenvalue weighted by molar-refractivity contribution is 6.31. The predicted octanol–water partition coefficient (Wildman–Crippen LogP) is 3.68. The highest BCUT2D eigenvalue weighted by Crippen LogP contribution is 2.53. The van der Waals surface area contributed by atoms with Crippen molar-refractivity contribution in [2.24, 2.45) is 0 Å². The SMILES string of the molecule is COc1cccc2c1C(=O)c1c(O)c3c(c(O)c1C2=O)C[C@@](O)(C(=O)COC(=O)CCC(=O)O)C[C@@H]3OC1CC(n2cccc2)C(OC2CCCCO2)C(C)O1. The summed E-state index contributed by atoms with van der Waals surface area (Å²) in [5.41, 5.74) is -4.00. The van der Waals surface area contributed by atoms with Gasteiger partial charge in [0, 0.05) is 55.0 Å². The molecule has 2 aliphatic carbocycles. The summed E-state index contributed by atoms with van der Waals surface area (Å²) in [6.07, 6.45) is 0.220. The minimum absolute atomic E-state index is 0.0739. The first-order valence-corrected chi connectivity index (χ1v) is 18.5. The summed E-state index contributed by atoms with van der Waals surface area (Å²) in [6, 6.07) is 7.71. The Balaban J connectivity index is 1.26. The van der Waals surface area contributed by atoms with E-state index in [1.165, 1.54) is 25.3 Å². The fraction of sp³-hybridized carbons (Fsp3) is 0.475. The molecule has 16 heteroatoms. The number of nitrogens with zero attached hydrogens (tertiary/aromatic N) is 1. The second-order valence-electron chi connectivity index (χ2n) is 14.5. The Morgan fingerprint density at radius 2 is 1.70 bits per heavy atom. The quantitative estimate of drug-likeness (QED) is 0.119. The van der Waals surface area contributed by atoms with Gasteiger partial charge in [-0.3, -0.25) is 24.0 Å². The minimum atomic E-state index is -2.41. The third-order valence-corrected chi connectivity index (χ3v) is 10.9. The number of rotatable bonds is 12. The van der Waals surface area contributed by atoms with E-state index in [1.807, 2.05) is 36.0 Å². The van der Waals surface area contributed by atoms with Gasteiger partial charge in [0.2, 0.25) is 11.6 Å². The summed E-state index contributed by atoms with van der Waals surface area (Å²) < 4.78 is 37.5. The number of benzene rings is 2. The molecule has 3 heterocycles. The molecule has 4 N–H and O–H groups in total. The Labute approximate surface area is 320 Å². The van der Waals surface area contributed by atoms with Crippen LogP contribution in [0.3, 0.4) is 0 Å². The number of Topliss-reactive ketones (excluding diaryl/α,β-unsaturated/α-hetero) is 1. The molecule has 3 aromatic rings. The van der Waals surface area contributed by atoms with Gasteiger partial charge in [-0.15, -0.1) is 0 Å². The molecule has 298 valence electrons. The molecular weight excluding hydrogens is 734 g/mol. The fourth-order valence-electron chi connectivity index (χ4n) is 8.15. The maximum atomic E-state index is 14.1. The smallest absolute Gasteiger partial charge is 0.306 e. The lowest BCUT2D eigenvalue weighted by molar-refractivity contribution is -0.288. The summed E-state index contributed by atoms with van der Waals surface area (Å²) in [5.74, 6) is -6.22. The first-order chi connectivity index (χ1) is 26.8. The molecule has 0 amide bonds. The van der Waals surface area contributed by atoms with E-state index in [0.29, 0.717) is 13.0 Å². The zero-order valence-corrected chi connectivity index (χ0v) is 30.8. The van der Waals surface area contributed by atoms with E-state index in [-0.39, 0.29) is 40.5 Å². The van der Waals surface area contributed by atoms with Crippen LogP contribution >= 0.6 is 0 Å². The van der Waals surface area contributed by atoms with Crippen molar-refractivity contribution in [3.05, 3.63) is 76.1 Å².